The molecule has 0 spiro atoms. The van der Waals surface area contributed by atoms with Crippen LogP contribution in [0.15, 0.2) is 84.5 Å². The van der Waals surface area contributed by atoms with Gasteiger partial charge >= 0.3 is 41.9 Å². The van der Waals surface area contributed by atoms with Gasteiger partial charge < -0.3 is 24.8 Å². The molecule has 1 aliphatic carbocycles. The first-order valence-electron chi connectivity index (χ1n) is 8.97. The summed E-state index contributed by atoms with van der Waals surface area (Å²) in [5.74, 6) is 0.556. The van der Waals surface area contributed by atoms with Crippen molar-refractivity contribution in [2.45, 2.75) is 26.9 Å². The SMILES string of the molecule is CC1=[C-]C(C)C=C1.C[Si](C)=[Zr+2].[Cl-].[Cl-].c1ccc(-c2c[cH-]c3ccccc23)cc1. The van der Waals surface area contributed by atoms with Crippen molar-refractivity contribution < 1.29 is 48.1 Å². The van der Waals surface area contributed by atoms with Gasteiger partial charge in [0, 0.05) is 0 Å². The van der Waals surface area contributed by atoms with E-state index in [-0.39, 0.29) is 30.2 Å². The van der Waals surface area contributed by atoms with E-state index in [1.54, 1.807) is 23.3 Å². The number of fused-ring (bicyclic) bond motifs is 1. The third-order valence-electron chi connectivity index (χ3n) is 3.86. The van der Waals surface area contributed by atoms with Gasteiger partial charge in [-0.3, -0.25) is 6.08 Å². The Morgan fingerprint density at radius 1 is 0.964 bits per heavy atom. The van der Waals surface area contributed by atoms with Gasteiger partial charge in [0.1, 0.15) is 0 Å². The second kappa shape index (κ2) is 14.2. The van der Waals surface area contributed by atoms with Crippen molar-refractivity contribution >= 4 is 16.2 Å². The fourth-order valence-corrected chi connectivity index (χ4v) is 2.76. The molecule has 1 atom stereocenters. The van der Waals surface area contributed by atoms with Crippen LogP contribution in [0.3, 0.4) is 0 Å². The van der Waals surface area contributed by atoms with Gasteiger partial charge in [-0.15, -0.1) is 46.7 Å². The van der Waals surface area contributed by atoms with E-state index >= 15 is 0 Å². The Labute approximate surface area is 197 Å². The summed E-state index contributed by atoms with van der Waals surface area (Å²) in [4.78, 5) is 0. The first-order valence-corrected chi connectivity index (χ1v) is 15.2. The molecule has 28 heavy (non-hydrogen) atoms. The summed E-state index contributed by atoms with van der Waals surface area (Å²) >= 11 is 1.74. The fraction of sp³-hybridized carbons (Fsp3) is 0.208. The van der Waals surface area contributed by atoms with E-state index in [0.717, 1.165) is 0 Å². The molecule has 0 heterocycles. The quantitative estimate of drug-likeness (QED) is 0.342. The average molecular weight is 505 g/mol. The molecular formula is C24H26Cl2SiZr-2. The van der Waals surface area contributed by atoms with Gasteiger partial charge in [-0.1, -0.05) is 61.7 Å². The van der Waals surface area contributed by atoms with Gasteiger partial charge in [-0.05, 0) is 0 Å². The molecule has 0 nitrogen and oxygen atoms in total. The van der Waals surface area contributed by atoms with Gasteiger partial charge in [0.05, 0.1) is 0 Å². The van der Waals surface area contributed by atoms with Gasteiger partial charge in [-0.25, -0.2) is 11.6 Å². The summed E-state index contributed by atoms with van der Waals surface area (Å²) < 4.78 is 0. The van der Waals surface area contributed by atoms with Crippen molar-refractivity contribution in [3.8, 4) is 11.1 Å². The zero-order chi connectivity index (χ0) is 18.9. The van der Waals surface area contributed by atoms with Crippen LogP contribution < -0.4 is 24.8 Å². The van der Waals surface area contributed by atoms with Crippen molar-refractivity contribution in [1.29, 1.82) is 0 Å². The van der Waals surface area contributed by atoms with Crippen molar-refractivity contribution in [3.05, 3.63) is 90.5 Å². The van der Waals surface area contributed by atoms with Gasteiger partial charge in [0.25, 0.3) is 0 Å². The average Bonchev–Trinajstić information content (AvgIpc) is 3.21. The minimum Gasteiger partial charge on any atom is -1.00 e. The van der Waals surface area contributed by atoms with Crippen LogP contribution >= 0.6 is 0 Å². The Kier molecular flexibility index (Phi) is 13.8. The Bertz CT molecular complexity index is 907. The fourth-order valence-electron chi connectivity index (χ4n) is 2.76. The Balaban J connectivity index is 0.000000477. The molecule has 4 heteroatoms. The Hall–Kier alpha value is -0.790. The van der Waals surface area contributed by atoms with Crippen molar-refractivity contribution in [2.75, 3.05) is 0 Å². The van der Waals surface area contributed by atoms with Crippen LogP contribution in [0, 0.1) is 12.0 Å². The molecule has 0 aliphatic heterocycles. The second-order valence-corrected chi connectivity index (χ2v) is 16.0. The van der Waals surface area contributed by atoms with E-state index in [0.29, 0.717) is 5.92 Å². The van der Waals surface area contributed by atoms with E-state index < -0.39 is 0 Å². The van der Waals surface area contributed by atoms with Crippen LogP contribution in [0.5, 0.6) is 0 Å². The van der Waals surface area contributed by atoms with E-state index in [2.05, 4.69) is 112 Å². The third kappa shape index (κ3) is 9.14. The molecule has 0 saturated heterocycles. The van der Waals surface area contributed by atoms with E-state index in [1.807, 2.05) is 0 Å². The summed E-state index contributed by atoms with van der Waals surface area (Å²) in [6, 6.07) is 23.4. The zero-order valence-corrected chi connectivity index (χ0v) is 21.8. The molecule has 1 aliphatic rings. The van der Waals surface area contributed by atoms with E-state index in [1.165, 1.54) is 27.5 Å². The van der Waals surface area contributed by atoms with Crippen LogP contribution in [-0.2, 0) is 23.3 Å². The Morgan fingerprint density at radius 2 is 1.54 bits per heavy atom. The number of allylic oxidation sites excluding steroid dienone is 4. The van der Waals surface area contributed by atoms with Crippen LogP contribution in [0.4, 0.5) is 0 Å². The summed E-state index contributed by atoms with van der Waals surface area (Å²) in [5, 5.41) is 2.65. The second-order valence-electron chi connectivity index (χ2n) is 6.68. The maximum absolute atomic E-state index is 3.22. The number of hydrogen-bond acceptors (Lipinski definition) is 0. The summed E-state index contributed by atoms with van der Waals surface area (Å²) in [6.07, 6.45) is 7.47. The zero-order valence-electron chi connectivity index (χ0n) is 16.8. The summed E-state index contributed by atoms with van der Waals surface area (Å²) in [7, 11) is 0. The standard InChI is InChI=1S/C15H11.C7H9.C2H6Si.2ClH.Zr/c1-2-6-12(7-3-1)15-11-10-13-8-4-5-9-14(13)15;1-6-3-4-7(2)5-6;1-3-2;;;/h1-11H;3-4,6H,1-2H3;1-2H3;2*1H;/q2*-1;;;;+2/p-2. The number of rotatable bonds is 1. The third-order valence-corrected chi connectivity index (χ3v) is 3.86. The minimum absolute atomic E-state index is 0. The van der Waals surface area contributed by atoms with Crippen molar-refractivity contribution in [1.82, 2.24) is 0 Å². The number of benzene rings is 2. The molecule has 4 rings (SSSR count). The van der Waals surface area contributed by atoms with E-state index in [9.17, 15) is 0 Å². The van der Waals surface area contributed by atoms with Gasteiger partial charge in [0.15, 0.2) is 0 Å². The van der Waals surface area contributed by atoms with Crippen LogP contribution in [-0.4, -0.2) is 5.43 Å². The first kappa shape index (κ1) is 27.2. The first-order chi connectivity index (χ1) is 12.5. The van der Waals surface area contributed by atoms with Gasteiger partial charge in [-0.2, -0.15) is 6.08 Å². The largest absolute Gasteiger partial charge is 1.00 e. The van der Waals surface area contributed by atoms with Crippen molar-refractivity contribution in [3.63, 3.8) is 0 Å². The Morgan fingerprint density at radius 3 is 2.04 bits per heavy atom. The number of hydrogen-bond donors (Lipinski definition) is 0. The van der Waals surface area contributed by atoms with Crippen LogP contribution in [0.25, 0.3) is 21.9 Å². The normalized spacial score (nSPS) is 13.8. The topological polar surface area (TPSA) is 0 Å². The predicted octanol–water partition coefficient (Wildman–Crippen LogP) is 0.960. The molecule has 0 fully saturated rings. The molecule has 3 aromatic rings. The maximum atomic E-state index is 3.22. The maximum Gasteiger partial charge on any atom is -0.0623 e. The minimum atomic E-state index is 0. The predicted molar refractivity (Wildman–Crippen MR) is 113 cm³/mol. The summed E-state index contributed by atoms with van der Waals surface area (Å²) in [6.45, 7) is 8.82. The molecular weight excluding hydrogens is 478 g/mol. The smallest absolute Gasteiger partial charge is 0.0623 e. The van der Waals surface area contributed by atoms with Crippen LogP contribution in [0.2, 0.25) is 13.1 Å². The molecule has 0 amide bonds. The molecule has 0 radical (unpaired) electrons. The van der Waals surface area contributed by atoms with E-state index in [4.69, 9.17) is 0 Å². The molecule has 0 aromatic heterocycles. The van der Waals surface area contributed by atoms with Crippen molar-refractivity contribution in [2.24, 2.45) is 5.92 Å². The van der Waals surface area contributed by atoms with Gasteiger partial charge in [0.2, 0.25) is 0 Å². The molecule has 1 unspecified atom stereocenters. The molecule has 0 saturated carbocycles. The summed E-state index contributed by atoms with van der Waals surface area (Å²) in [5.41, 5.74) is 4.10. The molecule has 0 N–H and O–H groups in total. The molecule has 0 bridgehead atoms. The monoisotopic (exact) mass is 502 g/mol. The van der Waals surface area contributed by atoms with Crippen LogP contribution in [0.1, 0.15) is 13.8 Å². The number of halogens is 2. The molecule has 146 valence electrons. The molecule has 3 aromatic carbocycles.